The van der Waals surface area contributed by atoms with Gasteiger partial charge in [0.2, 0.25) is 4.80 Å². The van der Waals surface area contributed by atoms with Crippen LogP contribution in [0.15, 0.2) is 51.9 Å². The van der Waals surface area contributed by atoms with Gasteiger partial charge >= 0.3 is 0 Å². The van der Waals surface area contributed by atoms with Gasteiger partial charge in [0.25, 0.3) is 0 Å². The minimum atomic E-state index is -0.0361. The van der Waals surface area contributed by atoms with E-state index in [1.165, 1.54) is 30.6 Å². The molecule has 1 fully saturated rings. The zero-order valence-electron chi connectivity index (χ0n) is 15.1. The lowest BCUT2D eigenvalue weighted by atomic mass is 10.1. The molecule has 1 aliphatic carbocycles. The topological polar surface area (TPSA) is 99.6 Å². The van der Waals surface area contributed by atoms with Crippen molar-refractivity contribution in [2.24, 2.45) is 10.1 Å². The summed E-state index contributed by atoms with van der Waals surface area (Å²) >= 11 is 1.44. The average molecular weight is 397 g/mol. The van der Waals surface area contributed by atoms with Crippen LogP contribution < -0.4 is 9.54 Å². The van der Waals surface area contributed by atoms with Crippen LogP contribution >= 0.6 is 11.3 Å². The van der Waals surface area contributed by atoms with Gasteiger partial charge in [-0.15, -0.1) is 11.3 Å². The van der Waals surface area contributed by atoms with E-state index in [9.17, 15) is 15.3 Å². The summed E-state index contributed by atoms with van der Waals surface area (Å²) in [7, 11) is 1.49. The first-order valence-electron chi connectivity index (χ1n) is 8.73. The van der Waals surface area contributed by atoms with Crippen LogP contribution in [-0.2, 0) is 0 Å². The van der Waals surface area contributed by atoms with Gasteiger partial charge in [0.05, 0.1) is 25.1 Å². The zero-order valence-corrected chi connectivity index (χ0v) is 15.9. The first kappa shape index (κ1) is 18.1. The van der Waals surface area contributed by atoms with Crippen molar-refractivity contribution in [1.29, 1.82) is 0 Å². The van der Waals surface area contributed by atoms with Crippen molar-refractivity contribution < 1.29 is 20.1 Å². The summed E-state index contributed by atoms with van der Waals surface area (Å²) in [4.78, 5) is 5.42. The van der Waals surface area contributed by atoms with Gasteiger partial charge in [-0.1, -0.05) is 0 Å². The maximum absolute atomic E-state index is 10.3. The molecule has 8 heteroatoms. The summed E-state index contributed by atoms with van der Waals surface area (Å²) in [6, 6.07) is 9.72. The van der Waals surface area contributed by atoms with Crippen LogP contribution in [0.5, 0.6) is 23.0 Å². The summed E-state index contributed by atoms with van der Waals surface area (Å²) < 4.78 is 6.81. The predicted molar refractivity (Wildman–Crippen MR) is 107 cm³/mol. The molecule has 144 valence electrons. The molecule has 2 aromatic carbocycles. The minimum absolute atomic E-state index is 0.00869. The monoisotopic (exact) mass is 397 g/mol. The van der Waals surface area contributed by atoms with E-state index < -0.39 is 0 Å². The minimum Gasteiger partial charge on any atom is -0.508 e. The van der Waals surface area contributed by atoms with E-state index in [0.29, 0.717) is 23.0 Å². The van der Waals surface area contributed by atoms with Gasteiger partial charge in [-0.3, -0.25) is 4.99 Å². The fourth-order valence-corrected chi connectivity index (χ4v) is 3.58. The Kier molecular flexibility index (Phi) is 4.79. The lowest BCUT2D eigenvalue weighted by Crippen LogP contribution is -2.13. The Labute approximate surface area is 165 Å². The number of phenols is 3. The van der Waals surface area contributed by atoms with Gasteiger partial charge in [0.15, 0.2) is 11.5 Å². The molecule has 0 bridgehead atoms. The molecule has 1 heterocycles. The molecule has 28 heavy (non-hydrogen) atoms. The molecule has 1 aliphatic rings. The highest BCUT2D eigenvalue weighted by molar-refractivity contribution is 7.07. The molecule has 0 radical (unpaired) electrons. The Balaban J connectivity index is 1.79. The van der Waals surface area contributed by atoms with E-state index in [4.69, 9.17) is 9.73 Å². The number of aromatic hydroxyl groups is 3. The molecule has 0 saturated heterocycles. The van der Waals surface area contributed by atoms with E-state index >= 15 is 0 Å². The molecule has 3 aromatic rings. The molecular formula is C20H19N3O4S. The lowest BCUT2D eigenvalue weighted by molar-refractivity contribution is 0.373. The number of benzene rings is 2. The Morgan fingerprint density at radius 3 is 2.64 bits per heavy atom. The second-order valence-corrected chi connectivity index (χ2v) is 7.29. The molecule has 1 saturated carbocycles. The Morgan fingerprint density at radius 1 is 1.11 bits per heavy atom. The highest BCUT2D eigenvalue weighted by Gasteiger charge is 2.21. The normalized spacial score (nSPS) is 14.7. The molecule has 4 rings (SSSR count). The maximum Gasteiger partial charge on any atom is 0.206 e. The third kappa shape index (κ3) is 3.72. The molecule has 0 amide bonds. The molecule has 3 N–H and O–H groups in total. The van der Waals surface area contributed by atoms with Crippen LogP contribution in [0.1, 0.15) is 18.4 Å². The standard InChI is InChI=1S/C20H19N3O4S/c1-27-19-8-12(2-7-17(19)25)10-21-23-16(11-28-20(23)22-13-3-4-13)15-6-5-14(24)9-18(15)26/h2,5-11,13,24-26H,3-4H2,1H3/b21-10+,22-20?. The van der Waals surface area contributed by atoms with Gasteiger partial charge in [0.1, 0.15) is 11.5 Å². The van der Waals surface area contributed by atoms with Crippen molar-refractivity contribution in [1.82, 2.24) is 4.68 Å². The Hall–Kier alpha value is -3.26. The summed E-state index contributed by atoms with van der Waals surface area (Å²) in [6.45, 7) is 0. The number of aromatic nitrogens is 1. The molecular weight excluding hydrogens is 378 g/mol. The van der Waals surface area contributed by atoms with Crippen LogP contribution in [0.2, 0.25) is 0 Å². The summed E-state index contributed by atoms with van der Waals surface area (Å²) in [6.07, 6.45) is 3.77. The summed E-state index contributed by atoms with van der Waals surface area (Å²) in [5.74, 6) is 0.372. The van der Waals surface area contributed by atoms with E-state index in [0.717, 1.165) is 23.2 Å². The van der Waals surface area contributed by atoms with E-state index in [1.54, 1.807) is 35.2 Å². The first-order valence-corrected chi connectivity index (χ1v) is 9.61. The Bertz CT molecular complexity index is 1110. The predicted octanol–water partition coefficient (Wildman–Crippen LogP) is 3.29. The van der Waals surface area contributed by atoms with Crippen LogP contribution in [0, 0.1) is 0 Å². The fourth-order valence-electron chi connectivity index (χ4n) is 2.68. The fraction of sp³-hybridized carbons (Fsp3) is 0.200. The largest absolute Gasteiger partial charge is 0.508 e. The maximum atomic E-state index is 10.3. The van der Waals surface area contributed by atoms with E-state index in [2.05, 4.69) is 5.10 Å². The number of methoxy groups -OCH3 is 1. The molecule has 0 unspecified atom stereocenters. The zero-order chi connectivity index (χ0) is 19.7. The number of ether oxygens (including phenoxy) is 1. The molecule has 1 aromatic heterocycles. The number of nitrogens with zero attached hydrogens (tertiary/aromatic N) is 3. The van der Waals surface area contributed by atoms with E-state index in [1.807, 2.05) is 5.38 Å². The second kappa shape index (κ2) is 7.40. The third-order valence-corrected chi connectivity index (χ3v) is 5.14. The van der Waals surface area contributed by atoms with Gasteiger partial charge in [-0.25, -0.2) is 4.68 Å². The lowest BCUT2D eigenvalue weighted by Gasteiger charge is -2.07. The van der Waals surface area contributed by atoms with Gasteiger partial charge in [-0.2, -0.15) is 5.10 Å². The van der Waals surface area contributed by atoms with Crippen LogP contribution in [0.4, 0.5) is 0 Å². The van der Waals surface area contributed by atoms with Crippen LogP contribution in [0.25, 0.3) is 11.3 Å². The van der Waals surface area contributed by atoms with Crippen molar-refractivity contribution in [3.05, 3.63) is 52.1 Å². The van der Waals surface area contributed by atoms with Crippen molar-refractivity contribution >= 4 is 17.6 Å². The van der Waals surface area contributed by atoms with Gasteiger partial charge in [0, 0.05) is 17.0 Å². The summed E-state index contributed by atoms with van der Waals surface area (Å²) in [5, 5.41) is 36.0. The summed E-state index contributed by atoms with van der Waals surface area (Å²) in [5.41, 5.74) is 1.96. The molecule has 0 spiro atoms. The number of hydrogen-bond acceptors (Lipinski definition) is 7. The molecule has 7 nitrogen and oxygen atoms in total. The van der Waals surface area contributed by atoms with Crippen molar-refractivity contribution in [2.75, 3.05) is 7.11 Å². The van der Waals surface area contributed by atoms with Gasteiger partial charge < -0.3 is 20.1 Å². The van der Waals surface area contributed by atoms with Crippen molar-refractivity contribution in [3.63, 3.8) is 0 Å². The molecule has 0 atom stereocenters. The van der Waals surface area contributed by atoms with Gasteiger partial charge in [-0.05, 0) is 48.7 Å². The van der Waals surface area contributed by atoms with Crippen LogP contribution in [0.3, 0.4) is 0 Å². The molecule has 0 aliphatic heterocycles. The Morgan fingerprint density at radius 2 is 1.93 bits per heavy atom. The average Bonchev–Trinajstić information content (AvgIpc) is 3.41. The number of hydrogen-bond donors (Lipinski definition) is 3. The highest BCUT2D eigenvalue weighted by atomic mass is 32.1. The first-order chi connectivity index (χ1) is 13.5. The van der Waals surface area contributed by atoms with E-state index in [-0.39, 0.29) is 17.2 Å². The SMILES string of the molecule is COc1cc(/C=N/n2c(-c3ccc(O)cc3O)csc2=NC2CC2)ccc1O. The number of thiazole rings is 1. The third-order valence-electron chi connectivity index (χ3n) is 4.31. The number of rotatable bonds is 5. The second-order valence-electron chi connectivity index (χ2n) is 6.45. The number of phenolic OH excluding ortho intramolecular Hbond substituents is 3. The van der Waals surface area contributed by atoms with Crippen molar-refractivity contribution in [2.45, 2.75) is 18.9 Å². The smallest absolute Gasteiger partial charge is 0.206 e. The quantitative estimate of drug-likeness (QED) is 0.575. The highest BCUT2D eigenvalue weighted by Crippen LogP contribution is 2.33. The van der Waals surface area contributed by atoms with Crippen LogP contribution in [-0.4, -0.2) is 39.4 Å². The van der Waals surface area contributed by atoms with Crippen molar-refractivity contribution in [3.8, 4) is 34.3 Å².